The van der Waals surface area contributed by atoms with Crippen LogP contribution < -0.4 is 5.32 Å². The second kappa shape index (κ2) is 6.45. The van der Waals surface area contributed by atoms with Crippen LogP contribution in [-0.2, 0) is 4.79 Å². The number of nitrogens with zero attached hydrogens (tertiary/aromatic N) is 1. The van der Waals surface area contributed by atoms with Gasteiger partial charge in [-0.2, -0.15) is 0 Å². The zero-order valence-corrected chi connectivity index (χ0v) is 10.9. The van der Waals surface area contributed by atoms with Crippen LogP contribution in [0.5, 0.6) is 0 Å². The first-order valence-corrected chi connectivity index (χ1v) is 6.27. The van der Waals surface area contributed by atoms with Gasteiger partial charge in [-0.1, -0.05) is 19.3 Å². The van der Waals surface area contributed by atoms with Gasteiger partial charge in [-0.05, 0) is 26.3 Å². The molecule has 0 bridgehead atoms. The van der Waals surface area contributed by atoms with Crippen molar-refractivity contribution in [2.45, 2.75) is 44.6 Å². The Morgan fingerprint density at radius 1 is 1.19 bits per heavy atom. The number of halogens is 1. The molecule has 2 fully saturated rings. The third kappa shape index (κ3) is 3.11. The van der Waals surface area contributed by atoms with E-state index in [1.807, 2.05) is 7.05 Å². The summed E-state index contributed by atoms with van der Waals surface area (Å²) >= 11 is 0. The van der Waals surface area contributed by atoms with Crippen molar-refractivity contribution >= 4 is 18.3 Å². The third-order valence-corrected chi connectivity index (χ3v) is 3.86. The fourth-order valence-corrected chi connectivity index (χ4v) is 2.80. The van der Waals surface area contributed by atoms with Crippen LogP contribution in [0.15, 0.2) is 0 Å². The Balaban J connectivity index is 0.00000128. The molecule has 1 N–H and O–H groups in total. The molecule has 16 heavy (non-hydrogen) atoms. The van der Waals surface area contributed by atoms with Crippen LogP contribution in [0.4, 0.5) is 0 Å². The van der Waals surface area contributed by atoms with Crippen molar-refractivity contribution in [1.29, 1.82) is 0 Å². The summed E-state index contributed by atoms with van der Waals surface area (Å²) in [7, 11) is 1.99. The Morgan fingerprint density at radius 3 is 2.44 bits per heavy atom. The van der Waals surface area contributed by atoms with Crippen LogP contribution >= 0.6 is 12.4 Å². The summed E-state index contributed by atoms with van der Waals surface area (Å²) in [5, 5.41) is 3.26. The van der Waals surface area contributed by atoms with E-state index in [1.54, 1.807) is 0 Å². The molecule has 0 unspecified atom stereocenters. The monoisotopic (exact) mass is 246 g/mol. The average molecular weight is 247 g/mol. The zero-order chi connectivity index (χ0) is 10.7. The molecule has 0 spiro atoms. The molecule has 1 heterocycles. The summed E-state index contributed by atoms with van der Waals surface area (Å²) in [6, 6.07) is 0.526. The summed E-state index contributed by atoms with van der Waals surface area (Å²) in [5.41, 5.74) is 0. The van der Waals surface area contributed by atoms with Crippen LogP contribution in [0.2, 0.25) is 0 Å². The number of carbonyl (C=O) groups is 1. The highest BCUT2D eigenvalue weighted by Gasteiger charge is 2.30. The first kappa shape index (κ1) is 13.8. The lowest BCUT2D eigenvalue weighted by Crippen LogP contribution is -2.37. The second-order valence-corrected chi connectivity index (χ2v) is 4.89. The van der Waals surface area contributed by atoms with Gasteiger partial charge in [0.05, 0.1) is 0 Å². The number of carbonyl (C=O) groups excluding carboxylic acids is 1. The molecule has 94 valence electrons. The lowest BCUT2D eigenvalue weighted by molar-refractivity contribution is -0.135. The molecular formula is C12H23ClN2O. The molecule has 2 aliphatic rings. The topological polar surface area (TPSA) is 32.3 Å². The fourth-order valence-electron chi connectivity index (χ4n) is 2.80. The molecule has 0 aromatic carbocycles. The first-order valence-electron chi connectivity index (χ1n) is 6.27. The van der Waals surface area contributed by atoms with Gasteiger partial charge in [-0.15, -0.1) is 12.4 Å². The van der Waals surface area contributed by atoms with Crippen molar-refractivity contribution in [2.75, 3.05) is 20.1 Å². The molecule has 2 rings (SSSR count). The highest BCUT2D eigenvalue weighted by Crippen LogP contribution is 2.26. The fraction of sp³-hybridized carbons (Fsp3) is 0.917. The average Bonchev–Trinajstić information content (AvgIpc) is 2.78. The van der Waals surface area contributed by atoms with Crippen LogP contribution in [0, 0.1) is 5.92 Å². The smallest absolute Gasteiger partial charge is 0.225 e. The largest absolute Gasteiger partial charge is 0.341 e. The van der Waals surface area contributed by atoms with Gasteiger partial charge < -0.3 is 10.2 Å². The number of nitrogens with one attached hydrogen (secondary N) is 1. The maximum atomic E-state index is 12.2. The molecule has 0 radical (unpaired) electrons. The minimum atomic E-state index is 0. The van der Waals surface area contributed by atoms with Gasteiger partial charge in [0, 0.05) is 25.0 Å². The van der Waals surface area contributed by atoms with Crippen LogP contribution in [0.3, 0.4) is 0 Å². The van der Waals surface area contributed by atoms with Gasteiger partial charge in [-0.3, -0.25) is 4.79 Å². The van der Waals surface area contributed by atoms with Crippen LogP contribution in [0.25, 0.3) is 0 Å². The van der Waals surface area contributed by atoms with Gasteiger partial charge in [0.2, 0.25) is 5.91 Å². The Hall–Kier alpha value is -0.280. The molecular weight excluding hydrogens is 224 g/mol. The number of hydrogen-bond donors (Lipinski definition) is 1. The summed E-state index contributed by atoms with van der Waals surface area (Å²) in [6.45, 7) is 1.88. The first-order chi connectivity index (χ1) is 7.31. The van der Waals surface area contributed by atoms with E-state index in [2.05, 4.69) is 10.2 Å². The molecule has 0 aromatic heterocycles. The van der Waals surface area contributed by atoms with E-state index in [0.717, 1.165) is 32.4 Å². The lowest BCUT2D eigenvalue weighted by Gasteiger charge is -2.26. The minimum Gasteiger partial charge on any atom is -0.341 e. The summed E-state index contributed by atoms with van der Waals surface area (Å²) < 4.78 is 0. The Kier molecular flexibility index (Phi) is 5.56. The summed E-state index contributed by atoms with van der Waals surface area (Å²) in [4.78, 5) is 14.2. The second-order valence-electron chi connectivity index (χ2n) is 4.89. The molecule has 4 heteroatoms. The molecule has 0 aromatic rings. The standard InChI is InChI=1S/C12H22N2O.ClH/c1-13-11-7-8-14(9-11)12(15)10-5-3-2-4-6-10;/h10-11,13H,2-9H2,1H3;1H/t11-;/m0./s1. The van der Waals surface area contributed by atoms with Crippen LogP contribution in [-0.4, -0.2) is 37.0 Å². The Bertz CT molecular complexity index is 229. The van der Waals surface area contributed by atoms with Crippen molar-refractivity contribution in [2.24, 2.45) is 5.92 Å². The molecule has 1 saturated heterocycles. The van der Waals surface area contributed by atoms with Crippen molar-refractivity contribution in [3.8, 4) is 0 Å². The highest BCUT2D eigenvalue weighted by atomic mass is 35.5. The predicted molar refractivity (Wildman–Crippen MR) is 67.9 cm³/mol. The number of amides is 1. The van der Waals surface area contributed by atoms with Gasteiger partial charge in [0.15, 0.2) is 0 Å². The molecule has 1 atom stereocenters. The van der Waals surface area contributed by atoms with E-state index in [9.17, 15) is 4.79 Å². The number of rotatable bonds is 2. The maximum absolute atomic E-state index is 12.2. The van der Waals surface area contributed by atoms with E-state index < -0.39 is 0 Å². The van der Waals surface area contributed by atoms with Gasteiger partial charge in [0.25, 0.3) is 0 Å². The summed E-state index contributed by atoms with van der Waals surface area (Å²) in [5.74, 6) is 0.766. The SMILES string of the molecule is CN[C@H]1CCN(C(=O)C2CCCCC2)C1.Cl. The van der Waals surface area contributed by atoms with E-state index in [4.69, 9.17) is 0 Å². The van der Waals surface area contributed by atoms with Crippen molar-refractivity contribution in [1.82, 2.24) is 10.2 Å². The van der Waals surface area contributed by atoms with Gasteiger partial charge >= 0.3 is 0 Å². The van der Waals surface area contributed by atoms with Crippen molar-refractivity contribution in [3.05, 3.63) is 0 Å². The highest BCUT2D eigenvalue weighted by molar-refractivity contribution is 5.85. The van der Waals surface area contributed by atoms with Gasteiger partial charge in [0.1, 0.15) is 0 Å². The maximum Gasteiger partial charge on any atom is 0.225 e. The minimum absolute atomic E-state index is 0. The normalized spacial score (nSPS) is 26.6. The third-order valence-electron chi connectivity index (χ3n) is 3.86. The molecule has 1 amide bonds. The quantitative estimate of drug-likeness (QED) is 0.806. The Morgan fingerprint density at radius 2 is 1.88 bits per heavy atom. The zero-order valence-electron chi connectivity index (χ0n) is 10.1. The van der Waals surface area contributed by atoms with E-state index >= 15 is 0 Å². The van der Waals surface area contributed by atoms with Gasteiger partial charge in [-0.25, -0.2) is 0 Å². The predicted octanol–water partition coefficient (Wildman–Crippen LogP) is 1.81. The molecule has 1 aliphatic carbocycles. The van der Waals surface area contributed by atoms with Crippen molar-refractivity contribution in [3.63, 3.8) is 0 Å². The lowest BCUT2D eigenvalue weighted by atomic mass is 9.88. The number of likely N-dealkylation sites (N-methyl/N-ethyl adjacent to an activating group) is 1. The number of likely N-dealkylation sites (tertiary alicyclic amines) is 1. The van der Waals surface area contributed by atoms with E-state index in [0.29, 0.717) is 17.9 Å². The van der Waals surface area contributed by atoms with E-state index in [-0.39, 0.29) is 12.4 Å². The van der Waals surface area contributed by atoms with Crippen LogP contribution in [0.1, 0.15) is 38.5 Å². The van der Waals surface area contributed by atoms with Crippen molar-refractivity contribution < 1.29 is 4.79 Å². The number of hydrogen-bond acceptors (Lipinski definition) is 2. The van der Waals surface area contributed by atoms with E-state index in [1.165, 1.54) is 19.3 Å². The molecule has 1 aliphatic heterocycles. The Labute approximate surface area is 104 Å². The molecule has 3 nitrogen and oxygen atoms in total. The summed E-state index contributed by atoms with van der Waals surface area (Å²) in [6.07, 6.45) is 7.19. The molecule has 1 saturated carbocycles.